The molecule has 1 aliphatic rings. The Morgan fingerprint density at radius 3 is 2.62 bits per heavy atom. The lowest BCUT2D eigenvalue weighted by molar-refractivity contribution is 0.0171. The number of alkyl halides is 2. The summed E-state index contributed by atoms with van der Waals surface area (Å²) in [7, 11) is 3.41. The molecule has 0 saturated heterocycles. The highest BCUT2D eigenvalue weighted by Crippen LogP contribution is 2.35. The summed E-state index contributed by atoms with van der Waals surface area (Å²) >= 11 is 0. The zero-order chi connectivity index (χ0) is 12.3. The summed E-state index contributed by atoms with van der Waals surface area (Å²) in [5.74, 6) is -2.56. The maximum atomic E-state index is 13.7. The van der Waals surface area contributed by atoms with Crippen molar-refractivity contribution in [2.75, 3.05) is 14.1 Å². The van der Waals surface area contributed by atoms with Crippen molar-refractivity contribution in [2.45, 2.75) is 38.5 Å². The first kappa shape index (κ1) is 13.2. The third-order valence-corrected chi connectivity index (χ3v) is 3.27. The fourth-order valence-corrected chi connectivity index (χ4v) is 1.92. The molecule has 0 spiro atoms. The SMILES string of the molecule is CNN(C)C1=C(N)C(F)(F)CCC(C)CC1. The molecule has 1 atom stereocenters. The van der Waals surface area contributed by atoms with Crippen LogP contribution in [0.3, 0.4) is 0 Å². The van der Waals surface area contributed by atoms with Crippen molar-refractivity contribution in [2.24, 2.45) is 11.7 Å². The topological polar surface area (TPSA) is 41.3 Å². The molecule has 0 fully saturated rings. The van der Waals surface area contributed by atoms with Gasteiger partial charge in [0.15, 0.2) is 0 Å². The van der Waals surface area contributed by atoms with Crippen LogP contribution in [0.2, 0.25) is 0 Å². The van der Waals surface area contributed by atoms with Crippen LogP contribution >= 0.6 is 0 Å². The molecule has 0 amide bonds. The van der Waals surface area contributed by atoms with Gasteiger partial charge in [-0.1, -0.05) is 6.92 Å². The number of rotatable bonds is 2. The van der Waals surface area contributed by atoms with Crippen LogP contribution in [-0.2, 0) is 0 Å². The predicted octanol–water partition coefficient (Wildman–Crippen LogP) is 2.07. The van der Waals surface area contributed by atoms with Crippen LogP contribution in [0.4, 0.5) is 8.78 Å². The van der Waals surface area contributed by atoms with E-state index in [0.717, 1.165) is 6.42 Å². The van der Waals surface area contributed by atoms with E-state index in [1.807, 2.05) is 6.92 Å². The van der Waals surface area contributed by atoms with Crippen molar-refractivity contribution in [1.82, 2.24) is 10.4 Å². The van der Waals surface area contributed by atoms with Crippen LogP contribution in [0, 0.1) is 5.92 Å². The summed E-state index contributed by atoms with van der Waals surface area (Å²) in [5.41, 5.74) is 8.66. The van der Waals surface area contributed by atoms with Gasteiger partial charge < -0.3 is 10.7 Å². The zero-order valence-electron chi connectivity index (χ0n) is 10.2. The molecule has 0 aromatic carbocycles. The third-order valence-electron chi connectivity index (χ3n) is 3.27. The number of allylic oxidation sites excluding steroid dienone is 2. The maximum absolute atomic E-state index is 13.7. The van der Waals surface area contributed by atoms with Gasteiger partial charge in [-0.2, -0.15) is 8.78 Å². The highest BCUT2D eigenvalue weighted by atomic mass is 19.3. The van der Waals surface area contributed by atoms with E-state index in [4.69, 9.17) is 5.73 Å². The summed E-state index contributed by atoms with van der Waals surface area (Å²) in [6, 6.07) is 0. The lowest BCUT2D eigenvalue weighted by Gasteiger charge is -2.30. The first-order chi connectivity index (χ1) is 7.38. The molecule has 16 heavy (non-hydrogen) atoms. The second kappa shape index (κ2) is 4.99. The van der Waals surface area contributed by atoms with E-state index in [9.17, 15) is 8.78 Å². The van der Waals surface area contributed by atoms with E-state index in [0.29, 0.717) is 24.5 Å². The normalized spacial score (nSPS) is 26.2. The Balaban J connectivity index is 3.01. The Bertz CT molecular complexity index is 276. The van der Waals surface area contributed by atoms with Crippen molar-refractivity contribution in [3.63, 3.8) is 0 Å². The highest BCUT2D eigenvalue weighted by Gasteiger charge is 2.37. The van der Waals surface area contributed by atoms with Crippen LogP contribution in [0.5, 0.6) is 0 Å². The zero-order valence-corrected chi connectivity index (χ0v) is 10.2. The quantitative estimate of drug-likeness (QED) is 0.717. The first-order valence-electron chi connectivity index (χ1n) is 5.66. The van der Waals surface area contributed by atoms with Gasteiger partial charge in [-0.15, -0.1) is 0 Å². The fourth-order valence-electron chi connectivity index (χ4n) is 1.92. The fraction of sp³-hybridized carbons (Fsp3) is 0.818. The van der Waals surface area contributed by atoms with E-state index in [1.54, 1.807) is 19.1 Å². The number of hydrogen-bond acceptors (Lipinski definition) is 3. The van der Waals surface area contributed by atoms with Gasteiger partial charge in [0.2, 0.25) is 0 Å². The van der Waals surface area contributed by atoms with E-state index >= 15 is 0 Å². The molecular formula is C11H21F2N3. The van der Waals surface area contributed by atoms with Gasteiger partial charge >= 0.3 is 0 Å². The largest absolute Gasteiger partial charge is 0.396 e. The lowest BCUT2D eigenvalue weighted by atomic mass is 9.91. The molecular weight excluding hydrogens is 212 g/mol. The molecule has 1 unspecified atom stereocenters. The molecule has 0 aliphatic heterocycles. The average Bonchev–Trinajstić information content (AvgIpc) is 2.24. The Kier molecular flexibility index (Phi) is 4.13. The number of hydrogen-bond donors (Lipinski definition) is 2. The molecule has 3 N–H and O–H groups in total. The Labute approximate surface area is 95.6 Å². The summed E-state index contributed by atoms with van der Waals surface area (Å²) in [6.07, 6.45) is 1.88. The van der Waals surface area contributed by atoms with Crippen molar-refractivity contribution in [3.05, 3.63) is 11.4 Å². The Morgan fingerprint density at radius 2 is 2.06 bits per heavy atom. The molecule has 0 radical (unpaired) electrons. The van der Waals surface area contributed by atoms with Crippen LogP contribution in [0.1, 0.15) is 32.6 Å². The van der Waals surface area contributed by atoms with Gasteiger partial charge in [-0.3, -0.25) is 0 Å². The first-order valence-corrected chi connectivity index (χ1v) is 5.66. The number of hydrazine groups is 1. The van der Waals surface area contributed by atoms with E-state index < -0.39 is 5.92 Å². The molecule has 0 bridgehead atoms. The van der Waals surface area contributed by atoms with Gasteiger partial charge in [-0.25, -0.2) is 5.43 Å². The van der Waals surface area contributed by atoms with Gasteiger partial charge in [0, 0.05) is 20.5 Å². The minimum Gasteiger partial charge on any atom is -0.396 e. The molecule has 0 heterocycles. The number of nitrogens with two attached hydrogens (primary N) is 1. The molecule has 1 aliphatic carbocycles. The monoisotopic (exact) mass is 233 g/mol. The smallest absolute Gasteiger partial charge is 0.288 e. The molecule has 0 saturated carbocycles. The molecule has 94 valence electrons. The number of nitrogens with one attached hydrogen (secondary N) is 1. The molecule has 0 aromatic rings. The highest BCUT2D eigenvalue weighted by molar-refractivity contribution is 5.18. The lowest BCUT2D eigenvalue weighted by Crippen LogP contribution is -2.38. The summed E-state index contributed by atoms with van der Waals surface area (Å²) in [5, 5.41) is 1.58. The van der Waals surface area contributed by atoms with Gasteiger partial charge in [0.25, 0.3) is 5.92 Å². The molecule has 1 rings (SSSR count). The summed E-state index contributed by atoms with van der Waals surface area (Å²) in [6.45, 7) is 2.01. The van der Waals surface area contributed by atoms with Gasteiger partial charge in [-0.05, 0) is 25.2 Å². The van der Waals surface area contributed by atoms with Crippen molar-refractivity contribution < 1.29 is 8.78 Å². The molecule has 0 aromatic heterocycles. The number of halogens is 2. The number of nitrogens with zero attached hydrogens (tertiary/aromatic N) is 1. The van der Waals surface area contributed by atoms with Crippen LogP contribution < -0.4 is 11.2 Å². The van der Waals surface area contributed by atoms with Crippen molar-refractivity contribution in [3.8, 4) is 0 Å². The summed E-state index contributed by atoms with van der Waals surface area (Å²) < 4.78 is 27.4. The average molecular weight is 233 g/mol. The maximum Gasteiger partial charge on any atom is 0.288 e. The Morgan fingerprint density at radius 1 is 1.44 bits per heavy atom. The minimum atomic E-state index is -2.88. The molecule has 5 heteroatoms. The second-order valence-electron chi connectivity index (χ2n) is 4.53. The summed E-state index contributed by atoms with van der Waals surface area (Å²) in [4.78, 5) is 0. The van der Waals surface area contributed by atoms with E-state index in [1.165, 1.54) is 0 Å². The van der Waals surface area contributed by atoms with Crippen molar-refractivity contribution >= 4 is 0 Å². The van der Waals surface area contributed by atoms with E-state index in [-0.39, 0.29) is 12.1 Å². The van der Waals surface area contributed by atoms with Crippen LogP contribution in [0.25, 0.3) is 0 Å². The molecule has 3 nitrogen and oxygen atoms in total. The van der Waals surface area contributed by atoms with Crippen molar-refractivity contribution in [1.29, 1.82) is 0 Å². The third kappa shape index (κ3) is 2.84. The van der Waals surface area contributed by atoms with Gasteiger partial charge in [0.1, 0.15) is 0 Å². The minimum absolute atomic E-state index is 0.152. The predicted molar refractivity (Wildman–Crippen MR) is 60.6 cm³/mol. The second-order valence-corrected chi connectivity index (χ2v) is 4.53. The van der Waals surface area contributed by atoms with Crippen LogP contribution in [0.15, 0.2) is 11.4 Å². The van der Waals surface area contributed by atoms with Crippen LogP contribution in [-0.4, -0.2) is 25.0 Å². The van der Waals surface area contributed by atoms with E-state index in [2.05, 4.69) is 5.43 Å². The standard InChI is InChI=1S/C11H21F2N3/c1-8-4-5-9(16(3)15-2)10(14)11(12,13)7-6-8/h8,15H,4-7,14H2,1-3H3. The van der Waals surface area contributed by atoms with Gasteiger partial charge in [0.05, 0.1) is 11.4 Å². The Hall–Kier alpha value is -0.840.